The Balaban J connectivity index is 1.59. The van der Waals surface area contributed by atoms with Gasteiger partial charge in [-0.05, 0) is 64.9 Å². The minimum Gasteiger partial charge on any atom is -0.466 e. The molecule has 1 aromatic rings. The Kier molecular flexibility index (Phi) is 10.5. The van der Waals surface area contributed by atoms with Crippen LogP contribution < -0.4 is 5.32 Å². The molecule has 0 aromatic carbocycles. The standard InChI is InChI=1S/C26H39N5O5S/c1-5-35-22(32)17-19(4)28-25(37)30-11-9-20(10-12-30)23-21(8-7-18(3)27-23)24(33)29-13-15-31(16-14-29)26(34)36-6-2/h7-8,19-20H,5-6,9-17H2,1-4H3,(H,28,37). The second-order valence-electron chi connectivity index (χ2n) is 9.48. The topological polar surface area (TPSA) is 104 Å². The quantitative estimate of drug-likeness (QED) is 0.418. The van der Waals surface area contributed by atoms with Crippen LogP contribution in [0.5, 0.6) is 0 Å². The van der Waals surface area contributed by atoms with Crippen molar-refractivity contribution in [2.75, 3.05) is 52.5 Å². The van der Waals surface area contributed by atoms with E-state index >= 15 is 0 Å². The molecule has 1 aromatic heterocycles. The van der Waals surface area contributed by atoms with E-state index in [2.05, 4.69) is 10.2 Å². The largest absolute Gasteiger partial charge is 0.466 e. The van der Waals surface area contributed by atoms with Crippen molar-refractivity contribution in [3.63, 3.8) is 0 Å². The van der Waals surface area contributed by atoms with Crippen LogP contribution >= 0.6 is 12.2 Å². The third-order valence-electron chi connectivity index (χ3n) is 6.70. The van der Waals surface area contributed by atoms with Gasteiger partial charge in [0.15, 0.2) is 5.11 Å². The zero-order chi connectivity index (χ0) is 26.9. The molecule has 0 spiro atoms. The highest BCUT2D eigenvalue weighted by Crippen LogP contribution is 2.30. The number of amides is 2. The van der Waals surface area contributed by atoms with Crippen molar-refractivity contribution >= 4 is 35.3 Å². The van der Waals surface area contributed by atoms with Gasteiger partial charge in [0.25, 0.3) is 5.91 Å². The average Bonchev–Trinajstić information content (AvgIpc) is 2.88. The molecule has 0 aliphatic carbocycles. The van der Waals surface area contributed by atoms with Gasteiger partial charge in [-0.1, -0.05) is 0 Å². The first-order valence-electron chi connectivity index (χ1n) is 13.1. The Labute approximate surface area is 224 Å². The number of pyridine rings is 1. The highest BCUT2D eigenvalue weighted by molar-refractivity contribution is 7.80. The maximum atomic E-state index is 13.5. The lowest BCUT2D eigenvalue weighted by Gasteiger charge is -2.36. The second-order valence-corrected chi connectivity index (χ2v) is 9.87. The molecule has 1 atom stereocenters. The first kappa shape index (κ1) is 28.6. The summed E-state index contributed by atoms with van der Waals surface area (Å²) in [4.78, 5) is 47.6. The van der Waals surface area contributed by atoms with E-state index in [0.29, 0.717) is 50.1 Å². The third kappa shape index (κ3) is 7.77. The van der Waals surface area contributed by atoms with E-state index in [1.54, 1.807) is 23.6 Å². The number of aryl methyl sites for hydroxylation is 1. The van der Waals surface area contributed by atoms with Gasteiger partial charge in [0.05, 0.1) is 30.9 Å². The molecule has 11 heteroatoms. The van der Waals surface area contributed by atoms with Gasteiger partial charge in [-0.15, -0.1) is 0 Å². The number of piperidine rings is 1. The SMILES string of the molecule is CCOC(=O)CC(C)NC(=S)N1CCC(c2nc(C)ccc2C(=O)N2CCN(C(=O)OCC)CC2)CC1. The van der Waals surface area contributed by atoms with Crippen LogP contribution in [0.25, 0.3) is 0 Å². The van der Waals surface area contributed by atoms with E-state index in [4.69, 9.17) is 26.7 Å². The van der Waals surface area contributed by atoms with Crippen LogP contribution in [0.2, 0.25) is 0 Å². The maximum Gasteiger partial charge on any atom is 0.409 e. The summed E-state index contributed by atoms with van der Waals surface area (Å²) in [7, 11) is 0. The molecule has 0 radical (unpaired) electrons. The van der Waals surface area contributed by atoms with Gasteiger partial charge in [-0.2, -0.15) is 0 Å². The van der Waals surface area contributed by atoms with E-state index < -0.39 is 0 Å². The van der Waals surface area contributed by atoms with E-state index in [9.17, 15) is 14.4 Å². The molecular formula is C26H39N5O5S. The first-order valence-corrected chi connectivity index (χ1v) is 13.5. The predicted molar refractivity (Wildman–Crippen MR) is 143 cm³/mol. The molecule has 204 valence electrons. The van der Waals surface area contributed by atoms with Crippen LogP contribution in [0.3, 0.4) is 0 Å². The van der Waals surface area contributed by atoms with Crippen molar-refractivity contribution in [3.05, 3.63) is 29.1 Å². The zero-order valence-corrected chi connectivity index (χ0v) is 23.1. The van der Waals surface area contributed by atoms with E-state index in [1.807, 2.05) is 26.0 Å². The number of hydrogen-bond acceptors (Lipinski definition) is 7. The Morgan fingerprint density at radius 2 is 1.62 bits per heavy atom. The van der Waals surface area contributed by atoms with Crippen molar-refractivity contribution in [2.24, 2.45) is 0 Å². The first-order chi connectivity index (χ1) is 17.7. The fourth-order valence-corrected chi connectivity index (χ4v) is 5.11. The number of likely N-dealkylation sites (tertiary alicyclic amines) is 1. The Bertz CT molecular complexity index is 974. The third-order valence-corrected chi connectivity index (χ3v) is 7.08. The van der Waals surface area contributed by atoms with Crippen LogP contribution in [0.1, 0.15) is 67.7 Å². The molecule has 1 unspecified atom stereocenters. The molecule has 37 heavy (non-hydrogen) atoms. The summed E-state index contributed by atoms with van der Waals surface area (Å²) in [6.07, 6.45) is 1.57. The van der Waals surface area contributed by atoms with Crippen molar-refractivity contribution in [3.8, 4) is 0 Å². The lowest BCUT2D eigenvalue weighted by molar-refractivity contribution is -0.143. The Morgan fingerprint density at radius 3 is 2.24 bits per heavy atom. The molecule has 10 nitrogen and oxygen atoms in total. The molecule has 2 amide bonds. The predicted octanol–water partition coefficient (Wildman–Crippen LogP) is 2.70. The lowest BCUT2D eigenvalue weighted by atomic mass is 9.89. The van der Waals surface area contributed by atoms with Crippen LogP contribution in [0, 0.1) is 6.92 Å². The molecule has 3 rings (SSSR count). The van der Waals surface area contributed by atoms with E-state index in [0.717, 1.165) is 37.3 Å². The molecule has 0 saturated carbocycles. The lowest BCUT2D eigenvalue weighted by Crippen LogP contribution is -2.51. The molecule has 2 aliphatic heterocycles. The molecule has 2 aliphatic rings. The van der Waals surface area contributed by atoms with Gasteiger partial charge in [0, 0.05) is 56.9 Å². The number of aromatic nitrogens is 1. The van der Waals surface area contributed by atoms with E-state index in [1.165, 1.54) is 0 Å². The summed E-state index contributed by atoms with van der Waals surface area (Å²) in [5.41, 5.74) is 2.36. The van der Waals surface area contributed by atoms with Crippen LogP contribution in [-0.4, -0.2) is 101 Å². The number of esters is 1. The minimum absolute atomic E-state index is 0.0431. The van der Waals surface area contributed by atoms with Crippen LogP contribution in [0.15, 0.2) is 12.1 Å². The van der Waals surface area contributed by atoms with Gasteiger partial charge in [-0.3, -0.25) is 14.6 Å². The van der Waals surface area contributed by atoms with Gasteiger partial charge < -0.3 is 29.5 Å². The molecule has 3 heterocycles. The van der Waals surface area contributed by atoms with Crippen LogP contribution in [-0.2, 0) is 14.3 Å². The van der Waals surface area contributed by atoms with Crippen molar-refractivity contribution < 1.29 is 23.9 Å². The van der Waals surface area contributed by atoms with E-state index in [-0.39, 0.29) is 36.4 Å². The van der Waals surface area contributed by atoms with Gasteiger partial charge in [0.1, 0.15) is 0 Å². The number of piperazine rings is 1. The van der Waals surface area contributed by atoms with Crippen molar-refractivity contribution in [1.82, 2.24) is 25.0 Å². The van der Waals surface area contributed by atoms with Gasteiger partial charge in [0.2, 0.25) is 0 Å². The van der Waals surface area contributed by atoms with Gasteiger partial charge >= 0.3 is 12.1 Å². The fraction of sp³-hybridized carbons (Fsp3) is 0.654. The van der Waals surface area contributed by atoms with Crippen LogP contribution in [0.4, 0.5) is 4.79 Å². The fourth-order valence-electron chi connectivity index (χ4n) is 4.73. The Morgan fingerprint density at radius 1 is 1.00 bits per heavy atom. The molecule has 2 fully saturated rings. The van der Waals surface area contributed by atoms with Crippen molar-refractivity contribution in [1.29, 1.82) is 0 Å². The highest BCUT2D eigenvalue weighted by atomic mass is 32.1. The number of nitrogens with one attached hydrogen (secondary N) is 1. The average molecular weight is 534 g/mol. The monoisotopic (exact) mass is 533 g/mol. The number of hydrogen-bond donors (Lipinski definition) is 1. The number of carbonyl (C=O) groups is 3. The summed E-state index contributed by atoms with van der Waals surface area (Å²) in [5.74, 6) is -0.136. The summed E-state index contributed by atoms with van der Waals surface area (Å²) in [5, 5.41) is 3.87. The van der Waals surface area contributed by atoms with Gasteiger partial charge in [-0.25, -0.2) is 4.79 Å². The number of nitrogens with zero attached hydrogens (tertiary/aromatic N) is 4. The Hall–Kier alpha value is -2.95. The number of rotatable bonds is 7. The number of carbonyl (C=O) groups excluding carboxylic acids is 3. The molecular weight excluding hydrogens is 494 g/mol. The minimum atomic E-state index is -0.332. The normalized spacial score (nSPS) is 17.2. The summed E-state index contributed by atoms with van der Waals surface area (Å²) in [6.45, 7) is 11.4. The summed E-state index contributed by atoms with van der Waals surface area (Å²) < 4.78 is 10.1. The highest BCUT2D eigenvalue weighted by Gasteiger charge is 2.31. The molecule has 2 saturated heterocycles. The number of ether oxygens (including phenoxy) is 2. The summed E-state index contributed by atoms with van der Waals surface area (Å²) in [6, 6.07) is 3.65. The van der Waals surface area contributed by atoms with Crippen molar-refractivity contribution in [2.45, 2.75) is 58.9 Å². The second kappa shape index (κ2) is 13.6. The molecule has 1 N–H and O–H groups in total. The number of thiocarbonyl (C=S) groups is 1. The molecule has 0 bridgehead atoms. The smallest absolute Gasteiger partial charge is 0.409 e. The summed E-state index contributed by atoms with van der Waals surface area (Å²) >= 11 is 5.59. The zero-order valence-electron chi connectivity index (χ0n) is 22.3. The maximum absolute atomic E-state index is 13.5.